The molecule has 1 heterocycles. The molecular weight excluding hydrogens is 404 g/mol. The summed E-state index contributed by atoms with van der Waals surface area (Å²) < 4.78 is 0. The van der Waals surface area contributed by atoms with Gasteiger partial charge < -0.3 is 10.4 Å². The number of anilines is 1. The Kier molecular flexibility index (Phi) is 7.69. The number of fused-ring (bicyclic) bond motifs is 2. The van der Waals surface area contributed by atoms with Gasteiger partial charge in [0.1, 0.15) is 5.75 Å². The van der Waals surface area contributed by atoms with Crippen molar-refractivity contribution in [3.8, 4) is 5.75 Å². The summed E-state index contributed by atoms with van der Waals surface area (Å²) in [5.74, 6) is 0.372. The van der Waals surface area contributed by atoms with Crippen LogP contribution in [-0.2, 0) is 19.3 Å². The van der Waals surface area contributed by atoms with Gasteiger partial charge in [0.05, 0.1) is 5.52 Å². The van der Waals surface area contributed by atoms with E-state index in [-0.39, 0.29) is 0 Å². The van der Waals surface area contributed by atoms with Gasteiger partial charge in [0.2, 0.25) is 0 Å². The SMILES string of the molecule is Oc1cccc(CCCCCCCCNc2c3c(nc4cc(Cl)ccc24)CCCC3)c1. The predicted molar refractivity (Wildman–Crippen MR) is 131 cm³/mol. The van der Waals surface area contributed by atoms with Gasteiger partial charge >= 0.3 is 0 Å². The lowest BCUT2D eigenvalue weighted by Crippen LogP contribution is -2.12. The highest BCUT2D eigenvalue weighted by Gasteiger charge is 2.18. The number of benzene rings is 2. The summed E-state index contributed by atoms with van der Waals surface area (Å²) in [4.78, 5) is 4.91. The molecule has 0 radical (unpaired) electrons. The Morgan fingerprint density at radius 1 is 0.903 bits per heavy atom. The molecule has 4 rings (SSSR count). The normalized spacial score (nSPS) is 13.3. The lowest BCUT2D eigenvalue weighted by Gasteiger charge is -2.22. The van der Waals surface area contributed by atoms with E-state index < -0.39 is 0 Å². The second-order valence-electron chi connectivity index (χ2n) is 8.75. The van der Waals surface area contributed by atoms with E-state index >= 15 is 0 Å². The van der Waals surface area contributed by atoms with Crippen molar-refractivity contribution in [2.24, 2.45) is 0 Å². The van der Waals surface area contributed by atoms with Crippen LogP contribution in [0.2, 0.25) is 5.02 Å². The van der Waals surface area contributed by atoms with E-state index in [4.69, 9.17) is 16.6 Å². The van der Waals surface area contributed by atoms with Crippen molar-refractivity contribution in [2.45, 2.75) is 70.6 Å². The maximum absolute atomic E-state index is 9.54. The molecule has 2 aromatic carbocycles. The molecule has 3 aromatic rings. The van der Waals surface area contributed by atoms with E-state index in [1.165, 1.54) is 79.3 Å². The van der Waals surface area contributed by atoms with E-state index in [1.54, 1.807) is 6.07 Å². The molecule has 2 N–H and O–H groups in total. The fourth-order valence-electron chi connectivity index (χ4n) is 4.69. The molecule has 0 aliphatic heterocycles. The first-order chi connectivity index (χ1) is 15.2. The van der Waals surface area contributed by atoms with Crippen LogP contribution >= 0.6 is 11.6 Å². The number of unbranched alkanes of at least 4 members (excludes halogenated alkanes) is 5. The number of nitrogens with zero attached hydrogens (tertiary/aromatic N) is 1. The van der Waals surface area contributed by atoms with Crippen LogP contribution in [0.25, 0.3) is 10.9 Å². The van der Waals surface area contributed by atoms with Crippen molar-refractivity contribution < 1.29 is 5.11 Å². The average molecular weight is 437 g/mol. The number of nitrogens with one attached hydrogen (secondary N) is 1. The third-order valence-electron chi connectivity index (χ3n) is 6.33. The smallest absolute Gasteiger partial charge is 0.115 e. The van der Waals surface area contributed by atoms with Gasteiger partial charge in [-0.05, 0) is 86.4 Å². The van der Waals surface area contributed by atoms with Gasteiger partial charge in [-0.1, -0.05) is 49.4 Å². The summed E-state index contributed by atoms with van der Waals surface area (Å²) >= 11 is 6.22. The van der Waals surface area contributed by atoms with Crippen molar-refractivity contribution in [1.29, 1.82) is 0 Å². The van der Waals surface area contributed by atoms with E-state index in [9.17, 15) is 5.11 Å². The minimum Gasteiger partial charge on any atom is -0.508 e. The van der Waals surface area contributed by atoms with Gasteiger partial charge in [-0.3, -0.25) is 4.98 Å². The molecule has 31 heavy (non-hydrogen) atoms. The van der Waals surface area contributed by atoms with Crippen LogP contribution in [-0.4, -0.2) is 16.6 Å². The lowest BCUT2D eigenvalue weighted by atomic mass is 9.92. The van der Waals surface area contributed by atoms with Gasteiger partial charge in [0.25, 0.3) is 0 Å². The van der Waals surface area contributed by atoms with Gasteiger partial charge in [0, 0.05) is 28.3 Å². The second kappa shape index (κ2) is 10.9. The highest BCUT2D eigenvalue weighted by molar-refractivity contribution is 6.31. The Bertz CT molecular complexity index is 1020. The minimum atomic E-state index is 0.372. The zero-order chi connectivity index (χ0) is 21.5. The molecule has 0 atom stereocenters. The highest BCUT2D eigenvalue weighted by atomic mass is 35.5. The largest absolute Gasteiger partial charge is 0.508 e. The molecule has 3 nitrogen and oxygen atoms in total. The van der Waals surface area contributed by atoms with Crippen LogP contribution in [0, 0.1) is 0 Å². The molecule has 0 saturated carbocycles. The quantitative estimate of drug-likeness (QED) is 0.324. The van der Waals surface area contributed by atoms with Crippen LogP contribution in [0.15, 0.2) is 42.5 Å². The molecule has 0 bridgehead atoms. The van der Waals surface area contributed by atoms with E-state index in [1.807, 2.05) is 24.3 Å². The van der Waals surface area contributed by atoms with E-state index in [2.05, 4.69) is 17.4 Å². The van der Waals surface area contributed by atoms with Gasteiger partial charge in [-0.25, -0.2) is 0 Å². The molecule has 0 amide bonds. The minimum absolute atomic E-state index is 0.372. The Morgan fingerprint density at radius 3 is 2.58 bits per heavy atom. The molecular formula is C27H33ClN2O. The van der Waals surface area contributed by atoms with Gasteiger partial charge in [0.15, 0.2) is 0 Å². The summed E-state index contributed by atoms with van der Waals surface area (Å²) in [6.45, 7) is 1.01. The monoisotopic (exact) mass is 436 g/mol. The van der Waals surface area contributed by atoms with Crippen LogP contribution in [0.3, 0.4) is 0 Å². The average Bonchev–Trinajstić information content (AvgIpc) is 2.77. The van der Waals surface area contributed by atoms with Crippen LogP contribution in [0.1, 0.15) is 68.2 Å². The number of aromatic nitrogens is 1. The number of hydrogen-bond donors (Lipinski definition) is 2. The number of aryl methyl sites for hydroxylation is 2. The van der Waals surface area contributed by atoms with Crippen molar-refractivity contribution in [1.82, 2.24) is 4.98 Å². The molecule has 1 aliphatic rings. The van der Waals surface area contributed by atoms with Crippen molar-refractivity contribution in [2.75, 3.05) is 11.9 Å². The summed E-state index contributed by atoms with van der Waals surface area (Å²) in [6, 6.07) is 13.7. The summed E-state index contributed by atoms with van der Waals surface area (Å²) in [7, 11) is 0. The Hall–Kier alpha value is -2.26. The zero-order valence-electron chi connectivity index (χ0n) is 18.3. The molecule has 0 saturated heterocycles. The molecule has 1 aliphatic carbocycles. The van der Waals surface area contributed by atoms with Crippen molar-refractivity contribution in [3.63, 3.8) is 0 Å². The number of hydrogen-bond acceptors (Lipinski definition) is 3. The van der Waals surface area contributed by atoms with Crippen LogP contribution < -0.4 is 5.32 Å². The lowest BCUT2D eigenvalue weighted by molar-refractivity contribution is 0.474. The Labute approximate surface area is 190 Å². The predicted octanol–water partition coefficient (Wildman–Crippen LogP) is 7.47. The first-order valence-corrected chi connectivity index (χ1v) is 12.2. The standard InChI is InChI=1S/C27H33ClN2O/c28-21-15-16-24-26(19-21)30-25-14-7-6-13-23(25)27(24)29-17-8-4-2-1-3-5-10-20-11-9-12-22(31)18-20/h9,11-12,15-16,18-19,31H,1-8,10,13-14,17H2,(H,29,30). The number of pyridine rings is 1. The van der Waals surface area contributed by atoms with Crippen molar-refractivity contribution >= 4 is 28.2 Å². The summed E-state index contributed by atoms with van der Waals surface area (Å²) in [5.41, 5.74) is 6.23. The fourth-order valence-corrected chi connectivity index (χ4v) is 4.85. The van der Waals surface area contributed by atoms with Crippen molar-refractivity contribution in [3.05, 3.63) is 64.3 Å². The number of halogens is 1. The first kappa shape index (κ1) is 22.0. The van der Waals surface area contributed by atoms with Gasteiger partial charge in [-0.15, -0.1) is 0 Å². The highest BCUT2D eigenvalue weighted by Crippen LogP contribution is 2.34. The van der Waals surface area contributed by atoms with Gasteiger partial charge in [-0.2, -0.15) is 0 Å². The topological polar surface area (TPSA) is 45.1 Å². The number of rotatable bonds is 10. The number of phenols is 1. The molecule has 4 heteroatoms. The van der Waals surface area contributed by atoms with Crippen LogP contribution in [0.5, 0.6) is 5.75 Å². The number of phenolic OH excluding ortho intramolecular Hbond substituents is 1. The summed E-state index contributed by atoms with van der Waals surface area (Å²) in [5, 5.41) is 15.3. The Morgan fingerprint density at radius 2 is 1.71 bits per heavy atom. The summed E-state index contributed by atoms with van der Waals surface area (Å²) in [6.07, 6.45) is 13.2. The second-order valence-corrected chi connectivity index (χ2v) is 9.19. The molecule has 0 unspecified atom stereocenters. The van der Waals surface area contributed by atoms with E-state index in [0.717, 1.165) is 36.3 Å². The fraction of sp³-hybridized carbons (Fsp3) is 0.444. The maximum atomic E-state index is 9.54. The molecule has 164 valence electrons. The molecule has 0 spiro atoms. The Balaban J connectivity index is 1.22. The molecule has 1 aromatic heterocycles. The molecule has 0 fully saturated rings. The maximum Gasteiger partial charge on any atom is 0.115 e. The number of aromatic hydroxyl groups is 1. The zero-order valence-corrected chi connectivity index (χ0v) is 19.1. The third kappa shape index (κ3) is 5.92. The van der Waals surface area contributed by atoms with Crippen LogP contribution in [0.4, 0.5) is 5.69 Å². The third-order valence-corrected chi connectivity index (χ3v) is 6.56. The van der Waals surface area contributed by atoms with E-state index in [0.29, 0.717) is 5.75 Å². The first-order valence-electron chi connectivity index (χ1n) is 11.8.